The number of anilines is 1. The van der Waals surface area contributed by atoms with Crippen molar-refractivity contribution in [2.24, 2.45) is 0 Å². The molecule has 0 unspecified atom stereocenters. The fourth-order valence-corrected chi connectivity index (χ4v) is 4.05. The molecule has 1 aromatic carbocycles. The Bertz CT molecular complexity index is 920. The summed E-state index contributed by atoms with van der Waals surface area (Å²) in [5, 5.41) is 10.8. The zero-order valence-electron chi connectivity index (χ0n) is 15.7. The van der Waals surface area contributed by atoms with E-state index < -0.39 is 0 Å². The van der Waals surface area contributed by atoms with Gasteiger partial charge in [0.1, 0.15) is 11.4 Å². The number of benzene rings is 1. The van der Waals surface area contributed by atoms with E-state index in [0.717, 1.165) is 40.8 Å². The summed E-state index contributed by atoms with van der Waals surface area (Å²) in [4.78, 5) is 17.9. The van der Waals surface area contributed by atoms with E-state index in [1.807, 2.05) is 58.8 Å². The van der Waals surface area contributed by atoms with Gasteiger partial charge in [-0.1, -0.05) is 24.3 Å². The van der Waals surface area contributed by atoms with Crippen molar-refractivity contribution in [1.82, 2.24) is 15.1 Å². The van der Waals surface area contributed by atoms with Gasteiger partial charge in [0.25, 0.3) is 0 Å². The van der Waals surface area contributed by atoms with Crippen molar-refractivity contribution < 1.29 is 9.53 Å². The van der Waals surface area contributed by atoms with Crippen LogP contribution < -0.4 is 9.64 Å². The second-order valence-electron chi connectivity index (χ2n) is 6.61. The molecule has 0 atom stereocenters. The van der Waals surface area contributed by atoms with E-state index in [2.05, 4.69) is 15.1 Å². The molecule has 2 aromatic heterocycles. The molecule has 3 aromatic rings. The number of para-hydroxylation sites is 1. The maximum atomic E-state index is 12.7. The van der Waals surface area contributed by atoms with Gasteiger partial charge in [0, 0.05) is 31.7 Å². The highest BCUT2D eigenvalue weighted by Crippen LogP contribution is 2.24. The summed E-state index contributed by atoms with van der Waals surface area (Å²) in [7, 11) is 1.63. The zero-order chi connectivity index (χ0) is 19.3. The number of hydrogen-bond donors (Lipinski definition) is 0. The summed E-state index contributed by atoms with van der Waals surface area (Å²) in [6.07, 6.45) is 0.360. The van der Waals surface area contributed by atoms with Crippen molar-refractivity contribution in [3.05, 3.63) is 59.5 Å². The van der Waals surface area contributed by atoms with E-state index in [1.54, 1.807) is 18.4 Å². The van der Waals surface area contributed by atoms with Crippen LogP contribution in [0.4, 0.5) is 5.82 Å². The van der Waals surface area contributed by atoms with Gasteiger partial charge < -0.3 is 14.5 Å². The van der Waals surface area contributed by atoms with Crippen LogP contribution >= 0.6 is 11.3 Å². The summed E-state index contributed by atoms with van der Waals surface area (Å²) in [5.74, 6) is 1.75. The summed E-state index contributed by atoms with van der Waals surface area (Å²) < 4.78 is 5.35. The lowest BCUT2D eigenvalue weighted by molar-refractivity contribution is -0.130. The Morgan fingerprint density at radius 2 is 1.86 bits per heavy atom. The van der Waals surface area contributed by atoms with Crippen molar-refractivity contribution in [3.63, 3.8) is 0 Å². The van der Waals surface area contributed by atoms with Gasteiger partial charge in [-0.15, -0.1) is 21.5 Å². The number of carbonyl (C=O) groups excluding carboxylic acids is 1. The molecule has 0 radical (unpaired) electrons. The molecule has 4 rings (SSSR count). The van der Waals surface area contributed by atoms with Crippen LogP contribution in [0.5, 0.6) is 5.75 Å². The summed E-state index contributed by atoms with van der Waals surface area (Å²) >= 11 is 1.65. The second kappa shape index (κ2) is 8.39. The van der Waals surface area contributed by atoms with E-state index >= 15 is 0 Å². The minimum atomic E-state index is 0.128. The van der Waals surface area contributed by atoms with Gasteiger partial charge in [-0.05, 0) is 29.6 Å². The SMILES string of the molecule is COc1ccccc1CC(=O)N1CCN(c2ccc(-c3cccs3)nn2)CC1. The maximum absolute atomic E-state index is 12.7. The van der Waals surface area contributed by atoms with Gasteiger partial charge in [0.2, 0.25) is 5.91 Å². The Labute approximate surface area is 168 Å². The van der Waals surface area contributed by atoms with Crippen LogP contribution in [0.15, 0.2) is 53.9 Å². The minimum Gasteiger partial charge on any atom is -0.496 e. The Morgan fingerprint density at radius 1 is 1.04 bits per heavy atom. The number of ether oxygens (including phenoxy) is 1. The van der Waals surface area contributed by atoms with Crippen molar-refractivity contribution in [1.29, 1.82) is 0 Å². The predicted molar refractivity (Wildman–Crippen MR) is 111 cm³/mol. The molecule has 7 heteroatoms. The first-order valence-electron chi connectivity index (χ1n) is 9.27. The standard InChI is InChI=1S/C21H22N4O2S/c1-27-18-6-3-2-5-16(18)15-21(26)25-12-10-24(11-13-25)20-9-8-17(22-23-20)19-7-4-14-28-19/h2-9,14H,10-13,15H2,1H3. The number of methoxy groups -OCH3 is 1. The zero-order valence-corrected chi connectivity index (χ0v) is 16.6. The largest absolute Gasteiger partial charge is 0.496 e. The fraction of sp³-hybridized carbons (Fsp3) is 0.286. The quantitative estimate of drug-likeness (QED) is 0.666. The number of amides is 1. The fourth-order valence-electron chi connectivity index (χ4n) is 3.36. The van der Waals surface area contributed by atoms with Gasteiger partial charge in [-0.2, -0.15) is 0 Å². The molecule has 1 aliphatic heterocycles. The average molecular weight is 395 g/mol. The van der Waals surface area contributed by atoms with E-state index in [-0.39, 0.29) is 5.91 Å². The Morgan fingerprint density at radius 3 is 2.54 bits per heavy atom. The molecule has 1 saturated heterocycles. The van der Waals surface area contributed by atoms with Crippen LogP contribution in [0.1, 0.15) is 5.56 Å². The highest BCUT2D eigenvalue weighted by Gasteiger charge is 2.23. The number of nitrogens with zero attached hydrogens (tertiary/aromatic N) is 4. The van der Waals surface area contributed by atoms with Crippen LogP contribution in [0.3, 0.4) is 0 Å². The number of rotatable bonds is 5. The Balaban J connectivity index is 1.34. The van der Waals surface area contributed by atoms with Crippen molar-refractivity contribution in [3.8, 4) is 16.3 Å². The monoisotopic (exact) mass is 394 g/mol. The summed E-state index contributed by atoms with van der Waals surface area (Å²) in [6.45, 7) is 2.88. The van der Waals surface area contributed by atoms with Gasteiger partial charge in [0.05, 0.1) is 18.4 Å². The topological polar surface area (TPSA) is 58.6 Å². The first-order chi connectivity index (χ1) is 13.7. The molecule has 28 heavy (non-hydrogen) atoms. The molecule has 6 nitrogen and oxygen atoms in total. The molecule has 0 bridgehead atoms. The Hall–Kier alpha value is -2.93. The van der Waals surface area contributed by atoms with Crippen LogP contribution in [-0.4, -0.2) is 54.3 Å². The average Bonchev–Trinajstić information content (AvgIpc) is 3.29. The van der Waals surface area contributed by atoms with E-state index in [9.17, 15) is 4.79 Å². The minimum absolute atomic E-state index is 0.128. The van der Waals surface area contributed by atoms with Gasteiger partial charge in [0.15, 0.2) is 5.82 Å². The first kappa shape index (κ1) is 18.4. The summed E-state index contributed by atoms with van der Waals surface area (Å²) in [5.41, 5.74) is 1.82. The normalized spacial score (nSPS) is 14.2. The number of aromatic nitrogens is 2. The molecule has 0 saturated carbocycles. The van der Waals surface area contributed by atoms with Gasteiger partial charge in [-0.3, -0.25) is 4.79 Å². The third-order valence-electron chi connectivity index (χ3n) is 4.91. The first-order valence-corrected chi connectivity index (χ1v) is 10.1. The van der Waals surface area contributed by atoms with Crippen molar-refractivity contribution in [2.75, 3.05) is 38.2 Å². The second-order valence-corrected chi connectivity index (χ2v) is 7.56. The van der Waals surface area contributed by atoms with E-state index in [4.69, 9.17) is 4.74 Å². The van der Waals surface area contributed by atoms with Crippen LogP contribution in [0, 0.1) is 0 Å². The molecule has 0 N–H and O–H groups in total. The molecule has 1 aliphatic rings. The molecular formula is C21H22N4O2S. The van der Waals surface area contributed by atoms with E-state index in [1.165, 1.54) is 0 Å². The number of piperazine rings is 1. The Kier molecular flexibility index (Phi) is 5.53. The predicted octanol–water partition coefficient (Wildman–Crippen LogP) is 3.11. The number of hydrogen-bond acceptors (Lipinski definition) is 6. The third kappa shape index (κ3) is 3.99. The van der Waals surface area contributed by atoms with Gasteiger partial charge >= 0.3 is 0 Å². The molecule has 1 fully saturated rings. The number of carbonyl (C=O) groups is 1. The highest BCUT2D eigenvalue weighted by molar-refractivity contribution is 7.13. The lowest BCUT2D eigenvalue weighted by Crippen LogP contribution is -2.49. The summed E-state index contributed by atoms with van der Waals surface area (Å²) in [6, 6.07) is 15.7. The van der Waals surface area contributed by atoms with Gasteiger partial charge in [-0.25, -0.2) is 0 Å². The van der Waals surface area contributed by atoms with Crippen LogP contribution in [0.2, 0.25) is 0 Å². The number of thiophene rings is 1. The molecule has 0 spiro atoms. The molecule has 3 heterocycles. The lowest BCUT2D eigenvalue weighted by Gasteiger charge is -2.35. The smallest absolute Gasteiger partial charge is 0.227 e. The van der Waals surface area contributed by atoms with E-state index in [0.29, 0.717) is 19.5 Å². The lowest BCUT2D eigenvalue weighted by atomic mass is 10.1. The van der Waals surface area contributed by atoms with Crippen molar-refractivity contribution >= 4 is 23.1 Å². The third-order valence-corrected chi connectivity index (χ3v) is 5.81. The van der Waals surface area contributed by atoms with Crippen LogP contribution in [0.25, 0.3) is 10.6 Å². The highest BCUT2D eigenvalue weighted by atomic mass is 32.1. The van der Waals surface area contributed by atoms with Crippen molar-refractivity contribution in [2.45, 2.75) is 6.42 Å². The van der Waals surface area contributed by atoms with Crippen LogP contribution in [-0.2, 0) is 11.2 Å². The molecular weight excluding hydrogens is 372 g/mol. The molecule has 144 valence electrons. The maximum Gasteiger partial charge on any atom is 0.227 e. The molecule has 1 amide bonds. The molecule has 0 aliphatic carbocycles.